The highest BCUT2D eigenvalue weighted by atomic mass is 16.3. The van der Waals surface area contributed by atoms with Crippen molar-refractivity contribution in [1.82, 2.24) is 19.6 Å². The van der Waals surface area contributed by atoms with Crippen LogP contribution < -0.4 is 0 Å². The Hall–Kier alpha value is -2.57. The summed E-state index contributed by atoms with van der Waals surface area (Å²) in [6.07, 6.45) is 5.66. The molecule has 7 heteroatoms. The quantitative estimate of drug-likeness (QED) is 0.826. The third-order valence-electron chi connectivity index (χ3n) is 5.74. The zero-order chi connectivity index (χ0) is 19.0. The van der Waals surface area contributed by atoms with E-state index >= 15 is 0 Å². The number of fused-ring (bicyclic) bond motifs is 1. The van der Waals surface area contributed by atoms with Crippen molar-refractivity contribution < 1.29 is 14.0 Å². The average molecular weight is 370 g/mol. The molecule has 0 radical (unpaired) electrons. The predicted molar refractivity (Wildman–Crippen MR) is 99.2 cm³/mol. The number of amides is 2. The van der Waals surface area contributed by atoms with Crippen LogP contribution in [0.15, 0.2) is 16.7 Å². The summed E-state index contributed by atoms with van der Waals surface area (Å²) in [4.78, 5) is 29.0. The molecule has 0 unspecified atom stereocenters. The fourth-order valence-corrected chi connectivity index (χ4v) is 4.17. The fraction of sp³-hybridized carbons (Fsp3) is 0.550. The molecule has 1 fully saturated rings. The van der Waals surface area contributed by atoms with Gasteiger partial charge in [-0.25, -0.2) is 0 Å². The molecule has 27 heavy (non-hydrogen) atoms. The summed E-state index contributed by atoms with van der Waals surface area (Å²) >= 11 is 0. The second kappa shape index (κ2) is 7.21. The van der Waals surface area contributed by atoms with E-state index in [0.29, 0.717) is 37.3 Å². The highest BCUT2D eigenvalue weighted by Crippen LogP contribution is 2.25. The normalized spacial score (nSPS) is 16.7. The summed E-state index contributed by atoms with van der Waals surface area (Å²) < 4.78 is 7.19. The second-order valence-corrected chi connectivity index (χ2v) is 7.45. The molecule has 4 rings (SSSR count). The summed E-state index contributed by atoms with van der Waals surface area (Å²) in [5.74, 6) is 0.855. The molecule has 2 aromatic heterocycles. The van der Waals surface area contributed by atoms with E-state index in [-0.39, 0.29) is 11.8 Å². The van der Waals surface area contributed by atoms with Crippen LogP contribution in [0.2, 0.25) is 0 Å². The molecular weight excluding hydrogens is 344 g/mol. The highest BCUT2D eigenvalue weighted by molar-refractivity contribution is 5.95. The van der Waals surface area contributed by atoms with Crippen LogP contribution in [-0.2, 0) is 31.2 Å². The minimum atomic E-state index is -0.00477. The lowest BCUT2D eigenvalue weighted by Crippen LogP contribution is -2.36. The van der Waals surface area contributed by atoms with E-state index in [2.05, 4.69) is 5.10 Å². The Bertz CT molecular complexity index is 861. The zero-order valence-corrected chi connectivity index (χ0v) is 16.0. The van der Waals surface area contributed by atoms with E-state index in [1.165, 1.54) is 5.69 Å². The Balaban J connectivity index is 1.48. The molecule has 4 heterocycles. The molecule has 0 atom stereocenters. The van der Waals surface area contributed by atoms with Crippen LogP contribution >= 0.6 is 0 Å². The molecule has 7 nitrogen and oxygen atoms in total. The standard InChI is InChI=1S/C20H26N4O3/c1-14-15(8-12-27-14)20(26)24-11-7-18-16(13-24)17(21-22(18)2)5-6-19(25)23-9-3-4-10-23/h8,12H,3-7,9-11,13H2,1-2H3. The number of carbonyl (C=O) groups is 2. The van der Waals surface area contributed by atoms with E-state index in [9.17, 15) is 9.59 Å². The lowest BCUT2D eigenvalue weighted by atomic mass is 10.0. The van der Waals surface area contributed by atoms with Crippen molar-refractivity contribution in [2.24, 2.45) is 7.05 Å². The van der Waals surface area contributed by atoms with E-state index in [4.69, 9.17) is 4.42 Å². The van der Waals surface area contributed by atoms with E-state index < -0.39 is 0 Å². The molecule has 0 saturated carbocycles. The summed E-state index contributed by atoms with van der Waals surface area (Å²) in [7, 11) is 1.95. The Morgan fingerprint density at radius 1 is 1.19 bits per heavy atom. The van der Waals surface area contributed by atoms with E-state index in [0.717, 1.165) is 43.6 Å². The number of hydrogen-bond donors (Lipinski definition) is 0. The van der Waals surface area contributed by atoms with Crippen molar-refractivity contribution in [2.45, 2.75) is 45.6 Å². The summed E-state index contributed by atoms with van der Waals surface area (Å²) in [6, 6.07) is 1.73. The van der Waals surface area contributed by atoms with Gasteiger partial charge in [0.15, 0.2) is 0 Å². The molecule has 2 aromatic rings. The van der Waals surface area contributed by atoms with Crippen molar-refractivity contribution in [1.29, 1.82) is 0 Å². The molecule has 0 aliphatic carbocycles. The number of nitrogens with zero attached hydrogens (tertiary/aromatic N) is 4. The lowest BCUT2D eigenvalue weighted by molar-refractivity contribution is -0.130. The molecule has 2 aliphatic heterocycles. The van der Waals surface area contributed by atoms with Crippen molar-refractivity contribution >= 4 is 11.8 Å². The third-order valence-corrected chi connectivity index (χ3v) is 5.74. The number of aryl methyl sites for hydroxylation is 3. The number of carbonyl (C=O) groups excluding carboxylic acids is 2. The minimum Gasteiger partial charge on any atom is -0.469 e. The van der Waals surface area contributed by atoms with Gasteiger partial charge in [-0.3, -0.25) is 14.3 Å². The van der Waals surface area contributed by atoms with Crippen LogP contribution in [0.4, 0.5) is 0 Å². The Morgan fingerprint density at radius 2 is 1.96 bits per heavy atom. The van der Waals surface area contributed by atoms with Crippen LogP contribution in [0, 0.1) is 6.92 Å². The van der Waals surface area contributed by atoms with Crippen molar-refractivity contribution in [3.63, 3.8) is 0 Å². The van der Waals surface area contributed by atoms with Gasteiger partial charge in [0.2, 0.25) is 5.91 Å². The van der Waals surface area contributed by atoms with Crippen LogP contribution in [0.1, 0.15) is 52.3 Å². The molecule has 1 saturated heterocycles. The molecule has 0 N–H and O–H groups in total. The molecular formula is C20H26N4O3. The third kappa shape index (κ3) is 3.38. The smallest absolute Gasteiger partial charge is 0.257 e. The van der Waals surface area contributed by atoms with Crippen LogP contribution in [0.3, 0.4) is 0 Å². The first kappa shape index (κ1) is 17.8. The largest absolute Gasteiger partial charge is 0.469 e. The fourth-order valence-electron chi connectivity index (χ4n) is 4.17. The van der Waals surface area contributed by atoms with Gasteiger partial charge >= 0.3 is 0 Å². The van der Waals surface area contributed by atoms with Crippen LogP contribution in [0.5, 0.6) is 0 Å². The van der Waals surface area contributed by atoms with Gasteiger partial charge in [-0.1, -0.05) is 0 Å². The SMILES string of the molecule is Cc1occc1C(=O)N1CCc2c(c(CCC(=O)N3CCCC3)nn2C)C1. The van der Waals surface area contributed by atoms with Gasteiger partial charge in [0.1, 0.15) is 5.76 Å². The Kier molecular flexibility index (Phi) is 4.76. The van der Waals surface area contributed by atoms with Crippen LogP contribution in [-0.4, -0.2) is 51.0 Å². The van der Waals surface area contributed by atoms with E-state index in [1.807, 2.05) is 28.5 Å². The average Bonchev–Trinajstić information content (AvgIpc) is 3.40. The van der Waals surface area contributed by atoms with Crippen LogP contribution in [0.25, 0.3) is 0 Å². The van der Waals surface area contributed by atoms with Gasteiger partial charge in [0.05, 0.1) is 17.5 Å². The summed E-state index contributed by atoms with van der Waals surface area (Å²) in [5.41, 5.74) is 3.84. The molecule has 2 aliphatic rings. The second-order valence-electron chi connectivity index (χ2n) is 7.45. The number of hydrogen-bond acceptors (Lipinski definition) is 4. The van der Waals surface area contributed by atoms with Crippen molar-refractivity contribution in [3.8, 4) is 0 Å². The van der Waals surface area contributed by atoms with Gasteiger partial charge in [-0.15, -0.1) is 0 Å². The van der Waals surface area contributed by atoms with Gasteiger partial charge in [-0.05, 0) is 25.8 Å². The highest BCUT2D eigenvalue weighted by Gasteiger charge is 2.29. The number of aromatic nitrogens is 2. The minimum absolute atomic E-state index is 0.00477. The molecule has 0 bridgehead atoms. The topological polar surface area (TPSA) is 71.6 Å². The first-order valence-corrected chi connectivity index (χ1v) is 9.69. The molecule has 0 spiro atoms. The first-order valence-electron chi connectivity index (χ1n) is 9.69. The number of rotatable bonds is 4. The first-order chi connectivity index (χ1) is 13.0. The molecule has 2 amide bonds. The molecule has 0 aromatic carbocycles. The Morgan fingerprint density at radius 3 is 2.67 bits per heavy atom. The summed E-state index contributed by atoms with van der Waals surface area (Å²) in [5, 5.41) is 4.65. The number of furan rings is 1. The Labute approximate surface area is 158 Å². The number of likely N-dealkylation sites (tertiary alicyclic amines) is 1. The van der Waals surface area contributed by atoms with Gasteiger partial charge < -0.3 is 14.2 Å². The zero-order valence-electron chi connectivity index (χ0n) is 16.0. The maximum absolute atomic E-state index is 12.8. The predicted octanol–water partition coefficient (Wildman–Crippen LogP) is 2.08. The van der Waals surface area contributed by atoms with Gasteiger partial charge in [-0.2, -0.15) is 5.10 Å². The maximum Gasteiger partial charge on any atom is 0.257 e. The monoisotopic (exact) mass is 370 g/mol. The maximum atomic E-state index is 12.8. The van der Waals surface area contributed by atoms with Crippen molar-refractivity contribution in [3.05, 3.63) is 40.6 Å². The van der Waals surface area contributed by atoms with Gasteiger partial charge in [0, 0.05) is 63.7 Å². The van der Waals surface area contributed by atoms with E-state index in [1.54, 1.807) is 12.3 Å². The lowest BCUT2D eigenvalue weighted by Gasteiger charge is -2.27. The van der Waals surface area contributed by atoms with Crippen molar-refractivity contribution in [2.75, 3.05) is 19.6 Å². The van der Waals surface area contributed by atoms with Gasteiger partial charge in [0.25, 0.3) is 5.91 Å². The molecule has 144 valence electrons. The summed E-state index contributed by atoms with van der Waals surface area (Å²) in [6.45, 7) is 4.78.